The first-order chi connectivity index (χ1) is 15.2. The maximum Gasteiger partial charge on any atom is 0.258 e. The molecule has 0 saturated heterocycles. The molecule has 5 rings (SSSR count). The molecule has 2 saturated carbocycles. The number of phenolic OH excluding ortho intramolecular Hbond substituents is 1. The largest absolute Gasteiger partial charge is 0.507 e. The van der Waals surface area contributed by atoms with Gasteiger partial charge in [0.25, 0.3) is 5.56 Å². The van der Waals surface area contributed by atoms with Crippen LogP contribution in [0.4, 0.5) is 4.39 Å². The third-order valence-corrected chi connectivity index (χ3v) is 7.43. The number of halogens is 1. The van der Waals surface area contributed by atoms with E-state index in [1.165, 1.54) is 10.6 Å². The van der Waals surface area contributed by atoms with E-state index in [0.29, 0.717) is 28.5 Å². The molecule has 168 valence electrons. The number of benzene rings is 1. The molecule has 7 heteroatoms. The Morgan fingerprint density at radius 2 is 2.00 bits per heavy atom. The van der Waals surface area contributed by atoms with Gasteiger partial charge in [-0.1, -0.05) is 20.3 Å². The van der Waals surface area contributed by atoms with Gasteiger partial charge in [-0.15, -0.1) is 10.2 Å². The zero-order valence-electron chi connectivity index (χ0n) is 18.6. The summed E-state index contributed by atoms with van der Waals surface area (Å²) in [4.78, 5) is 12.3. The Morgan fingerprint density at radius 1 is 1.19 bits per heavy atom. The first-order valence-electron chi connectivity index (χ1n) is 11.1. The minimum atomic E-state index is -1.04. The van der Waals surface area contributed by atoms with Crippen LogP contribution in [0.3, 0.4) is 0 Å². The third kappa shape index (κ3) is 3.44. The molecule has 1 N–H and O–H groups in total. The van der Waals surface area contributed by atoms with Crippen molar-refractivity contribution in [3.8, 4) is 22.9 Å². The number of nitrogens with zero attached hydrogens (tertiary/aromatic N) is 3. The molecule has 32 heavy (non-hydrogen) atoms. The summed E-state index contributed by atoms with van der Waals surface area (Å²) in [7, 11) is 1.67. The van der Waals surface area contributed by atoms with Gasteiger partial charge in [-0.3, -0.25) is 4.79 Å². The smallest absolute Gasteiger partial charge is 0.258 e. The fourth-order valence-electron chi connectivity index (χ4n) is 5.88. The summed E-state index contributed by atoms with van der Waals surface area (Å²) >= 11 is 0. The Balaban J connectivity index is 1.41. The van der Waals surface area contributed by atoms with Crippen LogP contribution < -0.4 is 10.3 Å². The first-order valence-corrected chi connectivity index (χ1v) is 11.1. The van der Waals surface area contributed by atoms with E-state index in [9.17, 15) is 9.90 Å². The molecule has 0 radical (unpaired) electrons. The Labute approximate surface area is 186 Å². The maximum atomic E-state index is 15.3. The summed E-state index contributed by atoms with van der Waals surface area (Å²) in [5, 5.41) is 20.0. The molecular formula is C25H28FN3O3. The number of hydrogen-bond donors (Lipinski definition) is 1. The van der Waals surface area contributed by atoms with Gasteiger partial charge in [0.1, 0.15) is 18.0 Å². The molecule has 0 spiro atoms. The van der Waals surface area contributed by atoms with Crippen molar-refractivity contribution in [3.05, 3.63) is 46.9 Å². The highest BCUT2D eigenvalue weighted by atomic mass is 19.1. The topological polar surface area (TPSA) is 77.2 Å². The second kappa shape index (κ2) is 7.29. The minimum Gasteiger partial charge on any atom is -0.507 e. The van der Waals surface area contributed by atoms with Crippen LogP contribution in [0.25, 0.3) is 22.0 Å². The lowest BCUT2D eigenvalue weighted by Crippen LogP contribution is -2.53. The van der Waals surface area contributed by atoms with Gasteiger partial charge < -0.3 is 14.4 Å². The standard InChI is InChI=1S/C25H28FN3O3/c1-24-8-4-9-25(2,14-24)22(26)20(13-24)32-21-6-5-18(27-28-21)17-11-15-7-10-29(3)23(31)16(15)12-19(17)30/h5-7,10-12,20,22,30H,4,8-9,13-14H2,1-3H3/t20-,22-,24-,25-/m1/s1. The van der Waals surface area contributed by atoms with Crippen LogP contribution in [-0.2, 0) is 7.05 Å². The monoisotopic (exact) mass is 437 g/mol. The average molecular weight is 438 g/mol. The molecule has 3 aromatic rings. The van der Waals surface area contributed by atoms with Gasteiger partial charge in [-0.25, -0.2) is 4.39 Å². The van der Waals surface area contributed by atoms with Crippen molar-refractivity contribution >= 4 is 10.8 Å². The normalized spacial score (nSPS) is 29.8. The molecule has 2 aliphatic rings. The quantitative estimate of drug-likeness (QED) is 0.638. The highest BCUT2D eigenvalue weighted by molar-refractivity contribution is 5.89. The van der Waals surface area contributed by atoms with E-state index in [1.54, 1.807) is 31.4 Å². The van der Waals surface area contributed by atoms with Gasteiger partial charge in [0.15, 0.2) is 0 Å². The van der Waals surface area contributed by atoms with E-state index in [2.05, 4.69) is 17.1 Å². The molecule has 0 aliphatic heterocycles. The molecule has 1 aromatic carbocycles. The predicted octanol–water partition coefficient (Wildman–Crippen LogP) is 4.78. The van der Waals surface area contributed by atoms with Gasteiger partial charge >= 0.3 is 0 Å². The number of fused-ring (bicyclic) bond motifs is 3. The van der Waals surface area contributed by atoms with E-state index >= 15 is 4.39 Å². The van der Waals surface area contributed by atoms with E-state index in [4.69, 9.17) is 4.74 Å². The van der Waals surface area contributed by atoms with Crippen LogP contribution in [-0.4, -0.2) is 32.1 Å². The van der Waals surface area contributed by atoms with Crippen LogP contribution in [0.2, 0.25) is 0 Å². The van der Waals surface area contributed by atoms with Crippen LogP contribution >= 0.6 is 0 Å². The van der Waals surface area contributed by atoms with Crippen LogP contribution in [0.5, 0.6) is 11.6 Å². The van der Waals surface area contributed by atoms with Crippen molar-refractivity contribution in [3.63, 3.8) is 0 Å². The summed E-state index contributed by atoms with van der Waals surface area (Å²) in [6.45, 7) is 4.27. The number of aromatic nitrogens is 3. The molecule has 4 atom stereocenters. The lowest BCUT2D eigenvalue weighted by Gasteiger charge is -2.53. The molecule has 0 unspecified atom stereocenters. The maximum absolute atomic E-state index is 15.3. The highest BCUT2D eigenvalue weighted by Crippen LogP contribution is 2.56. The number of rotatable bonds is 3. The summed E-state index contributed by atoms with van der Waals surface area (Å²) in [6.07, 6.45) is 4.73. The molecular weight excluding hydrogens is 409 g/mol. The third-order valence-electron chi connectivity index (χ3n) is 7.43. The fraction of sp³-hybridized carbons (Fsp3) is 0.480. The van der Waals surface area contributed by atoms with Gasteiger partial charge in [0.05, 0.1) is 11.1 Å². The molecule has 2 bridgehead atoms. The Hall–Kier alpha value is -2.96. The van der Waals surface area contributed by atoms with Crippen molar-refractivity contribution in [2.24, 2.45) is 17.9 Å². The number of ether oxygens (including phenoxy) is 1. The zero-order chi connectivity index (χ0) is 22.7. The first kappa shape index (κ1) is 20.9. The molecule has 0 amide bonds. The van der Waals surface area contributed by atoms with Crippen molar-refractivity contribution in [2.45, 2.75) is 58.2 Å². The minimum absolute atomic E-state index is 0.0476. The molecule has 2 fully saturated rings. The van der Waals surface area contributed by atoms with Gasteiger partial charge in [-0.2, -0.15) is 0 Å². The van der Waals surface area contributed by atoms with Crippen LogP contribution in [0.15, 0.2) is 41.3 Å². The lowest BCUT2D eigenvalue weighted by atomic mass is 9.55. The molecule has 2 aliphatic carbocycles. The molecule has 2 aromatic heterocycles. The van der Waals surface area contributed by atoms with Gasteiger partial charge in [0.2, 0.25) is 5.88 Å². The number of aromatic hydroxyl groups is 1. The number of pyridine rings is 1. The SMILES string of the molecule is Cn1ccc2cc(-c3ccc(O[C@@H]4C[C@@]5(C)CCC[C@](C)(C5)[C@@H]4F)nn3)c(O)cc2c1=O. The fourth-order valence-corrected chi connectivity index (χ4v) is 5.88. The van der Waals surface area contributed by atoms with E-state index in [1.807, 2.05) is 13.0 Å². The number of hydrogen-bond acceptors (Lipinski definition) is 5. The lowest BCUT2D eigenvalue weighted by molar-refractivity contribution is -0.107. The summed E-state index contributed by atoms with van der Waals surface area (Å²) in [5.41, 5.74) is 0.493. The van der Waals surface area contributed by atoms with E-state index < -0.39 is 12.3 Å². The second-order valence-corrected chi connectivity index (χ2v) is 10.2. The van der Waals surface area contributed by atoms with Gasteiger partial charge in [-0.05, 0) is 60.7 Å². The average Bonchev–Trinajstić information content (AvgIpc) is 2.75. The Kier molecular flexibility index (Phi) is 4.76. The predicted molar refractivity (Wildman–Crippen MR) is 120 cm³/mol. The van der Waals surface area contributed by atoms with Crippen LogP contribution in [0, 0.1) is 10.8 Å². The summed E-state index contributed by atoms with van der Waals surface area (Å²) in [5.74, 6) is 0.233. The Morgan fingerprint density at radius 3 is 2.75 bits per heavy atom. The number of aryl methyl sites for hydroxylation is 1. The second-order valence-electron chi connectivity index (χ2n) is 10.2. The Bertz CT molecular complexity index is 1240. The zero-order valence-corrected chi connectivity index (χ0v) is 18.6. The molecule has 6 nitrogen and oxygen atoms in total. The summed E-state index contributed by atoms with van der Waals surface area (Å²) < 4.78 is 22.8. The van der Waals surface area contributed by atoms with Gasteiger partial charge in [0, 0.05) is 30.3 Å². The summed E-state index contributed by atoms with van der Waals surface area (Å²) in [6, 6.07) is 8.35. The van der Waals surface area contributed by atoms with E-state index in [-0.39, 0.29) is 28.0 Å². The van der Waals surface area contributed by atoms with Crippen LogP contribution in [0.1, 0.15) is 46.0 Å². The van der Waals surface area contributed by atoms with Crippen molar-refractivity contribution in [2.75, 3.05) is 0 Å². The van der Waals surface area contributed by atoms with Crippen molar-refractivity contribution in [1.82, 2.24) is 14.8 Å². The van der Waals surface area contributed by atoms with Crippen molar-refractivity contribution in [1.29, 1.82) is 0 Å². The molecule has 2 heterocycles. The van der Waals surface area contributed by atoms with Crippen molar-refractivity contribution < 1.29 is 14.2 Å². The van der Waals surface area contributed by atoms with E-state index in [0.717, 1.165) is 25.7 Å². The number of alkyl halides is 1. The highest BCUT2D eigenvalue weighted by Gasteiger charge is 2.54. The number of phenols is 1.